The molecule has 0 aromatic heterocycles. The van der Waals surface area contributed by atoms with Gasteiger partial charge in [0.05, 0.1) is 12.2 Å². The van der Waals surface area contributed by atoms with Gasteiger partial charge in [-0.25, -0.2) is 13.2 Å². The van der Waals surface area contributed by atoms with Gasteiger partial charge in [-0.3, -0.25) is 0 Å². The Kier molecular flexibility index (Phi) is 2.93. The summed E-state index contributed by atoms with van der Waals surface area (Å²) in [6.45, 7) is 2.85. The third-order valence-corrected chi connectivity index (χ3v) is 1.62. The topological polar surface area (TPSA) is 9.23 Å². The van der Waals surface area contributed by atoms with Gasteiger partial charge < -0.3 is 4.74 Å². The molecule has 1 rings (SSSR count). The van der Waals surface area contributed by atoms with E-state index < -0.39 is 23.0 Å². The highest BCUT2D eigenvalue weighted by atomic mass is 19.2. The molecule has 0 N–H and O–H groups in total. The molecule has 0 aliphatic rings. The highest BCUT2D eigenvalue weighted by Gasteiger charge is 2.15. The Morgan fingerprint density at radius 3 is 2.46 bits per heavy atom. The molecular formula is C9H8F3O. The van der Waals surface area contributed by atoms with Crippen molar-refractivity contribution in [3.8, 4) is 0 Å². The van der Waals surface area contributed by atoms with Gasteiger partial charge in [0.2, 0.25) is 0 Å². The molecule has 0 aliphatic heterocycles. The fourth-order valence-electron chi connectivity index (χ4n) is 0.958. The Morgan fingerprint density at radius 1 is 1.31 bits per heavy atom. The Morgan fingerprint density at radius 2 is 1.92 bits per heavy atom. The van der Waals surface area contributed by atoms with Crippen LogP contribution in [0.5, 0.6) is 0 Å². The lowest BCUT2D eigenvalue weighted by Crippen LogP contribution is -2.02. The van der Waals surface area contributed by atoms with E-state index in [1.54, 1.807) is 0 Å². The van der Waals surface area contributed by atoms with Crippen LogP contribution in [0.1, 0.15) is 11.1 Å². The summed E-state index contributed by atoms with van der Waals surface area (Å²) in [5.41, 5.74) is -0.706. The Balaban J connectivity index is 3.26. The first kappa shape index (κ1) is 10.1. The van der Waals surface area contributed by atoms with Crippen molar-refractivity contribution in [2.45, 2.75) is 6.61 Å². The van der Waals surface area contributed by atoms with E-state index in [-0.39, 0.29) is 12.2 Å². The number of hydrogen-bond acceptors (Lipinski definition) is 1. The van der Waals surface area contributed by atoms with Gasteiger partial charge in [-0.2, -0.15) is 0 Å². The van der Waals surface area contributed by atoms with E-state index in [9.17, 15) is 13.2 Å². The van der Waals surface area contributed by atoms with E-state index in [2.05, 4.69) is 11.7 Å². The van der Waals surface area contributed by atoms with Crippen molar-refractivity contribution in [3.63, 3.8) is 0 Å². The van der Waals surface area contributed by atoms with E-state index in [0.29, 0.717) is 0 Å². The van der Waals surface area contributed by atoms with Crippen molar-refractivity contribution >= 4 is 0 Å². The molecule has 0 saturated carbocycles. The average Bonchev–Trinajstić information content (AvgIpc) is 2.09. The quantitative estimate of drug-likeness (QED) is 0.649. The lowest BCUT2D eigenvalue weighted by Gasteiger charge is -2.06. The first-order valence-corrected chi connectivity index (χ1v) is 3.55. The molecule has 1 aromatic rings. The summed E-state index contributed by atoms with van der Waals surface area (Å²) in [4.78, 5) is 0. The van der Waals surface area contributed by atoms with E-state index >= 15 is 0 Å². The molecule has 0 heterocycles. The molecule has 0 aliphatic carbocycles. The van der Waals surface area contributed by atoms with E-state index in [1.165, 1.54) is 7.11 Å². The van der Waals surface area contributed by atoms with Gasteiger partial charge in [0.25, 0.3) is 0 Å². The van der Waals surface area contributed by atoms with Crippen molar-refractivity contribution in [2.75, 3.05) is 7.11 Å². The molecule has 0 fully saturated rings. The zero-order valence-corrected chi connectivity index (χ0v) is 7.03. The highest BCUT2D eigenvalue weighted by molar-refractivity contribution is 5.29. The van der Waals surface area contributed by atoms with E-state index in [4.69, 9.17) is 0 Å². The van der Waals surface area contributed by atoms with Crippen molar-refractivity contribution in [1.29, 1.82) is 0 Å². The predicted molar refractivity (Wildman–Crippen MR) is 41.5 cm³/mol. The molecule has 0 unspecified atom stereocenters. The summed E-state index contributed by atoms with van der Waals surface area (Å²) in [6.07, 6.45) is 0. The number of hydrogen-bond donors (Lipinski definition) is 0. The van der Waals surface area contributed by atoms with Crippen LogP contribution in [0.15, 0.2) is 6.07 Å². The Bertz CT molecular complexity index is 323. The van der Waals surface area contributed by atoms with Gasteiger partial charge in [-0.15, -0.1) is 0 Å². The van der Waals surface area contributed by atoms with Crippen LogP contribution in [-0.4, -0.2) is 7.11 Å². The van der Waals surface area contributed by atoms with Crippen LogP contribution in [0.3, 0.4) is 0 Å². The molecule has 0 amide bonds. The van der Waals surface area contributed by atoms with Crippen LogP contribution >= 0.6 is 0 Å². The summed E-state index contributed by atoms with van der Waals surface area (Å²) in [5, 5.41) is 0. The molecule has 1 radical (unpaired) electrons. The molecule has 1 aromatic carbocycles. The first-order chi connectivity index (χ1) is 6.07. The lowest BCUT2D eigenvalue weighted by atomic mass is 10.1. The fourth-order valence-corrected chi connectivity index (χ4v) is 0.958. The van der Waals surface area contributed by atoms with Crippen LogP contribution in [-0.2, 0) is 11.3 Å². The molecule has 0 atom stereocenters. The molecule has 0 bridgehead atoms. The van der Waals surface area contributed by atoms with Gasteiger partial charge in [0, 0.05) is 7.11 Å². The van der Waals surface area contributed by atoms with Gasteiger partial charge >= 0.3 is 0 Å². The summed E-state index contributed by atoms with van der Waals surface area (Å²) in [7, 11) is 1.27. The van der Waals surface area contributed by atoms with Gasteiger partial charge in [0.1, 0.15) is 5.82 Å². The summed E-state index contributed by atoms with van der Waals surface area (Å²) in [6, 6.07) is 0.840. The van der Waals surface area contributed by atoms with Crippen LogP contribution in [0.4, 0.5) is 13.2 Å². The van der Waals surface area contributed by atoms with Crippen LogP contribution < -0.4 is 0 Å². The maximum Gasteiger partial charge on any atom is 0.167 e. The maximum absolute atomic E-state index is 13.0. The second-order valence-electron chi connectivity index (χ2n) is 2.56. The summed E-state index contributed by atoms with van der Waals surface area (Å²) >= 11 is 0. The Hall–Kier alpha value is -1.03. The number of ether oxygens (including phenoxy) is 1. The van der Waals surface area contributed by atoms with Gasteiger partial charge in [-0.05, 0) is 18.6 Å². The van der Waals surface area contributed by atoms with Crippen molar-refractivity contribution < 1.29 is 17.9 Å². The number of rotatable bonds is 2. The van der Waals surface area contributed by atoms with Crippen molar-refractivity contribution in [1.82, 2.24) is 0 Å². The normalized spacial score (nSPS) is 10.5. The number of halogens is 3. The summed E-state index contributed by atoms with van der Waals surface area (Å²) < 4.78 is 43.3. The molecule has 71 valence electrons. The van der Waals surface area contributed by atoms with Gasteiger partial charge in [0.15, 0.2) is 11.6 Å². The fraction of sp³-hybridized carbons (Fsp3) is 0.222. The molecule has 4 heteroatoms. The van der Waals surface area contributed by atoms with Crippen LogP contribution in [0.2, 0.25) is 0 Å². The maximum atomic E-state index is 13.0. The number of methoxy groups -OCH3 is 1. The molecular weight excluding hydrogens is 181 g/mol. The minimum Gasteiger partial charge on any atom is -0.380 e. The smallest absolute Gasteiger partial charge is 0.167 e. The third kappa shape index (κ3) is 1.83. The van der Waals surface area contributed by atoms with Crippen molar-refractivity contribution in [2.24, 2.45) is 0 Å². The second-order valence-corrected chi connectivity index (χ2v) is 2.56. The van der Waals surface area contributed by atoms with Crippen molar-refractivity contribution in [3.05, 3.63) is 41.6 Å². The van der Waals surface area contributed by atoms with E-state index in [1.807, 2.05) is 0 Å². The molecule has 0 spiro atoms. The molecule has 13 heavy (non-hydrogen) atoms. The lowest BCUT2D eigenvalue weighted by molar-refractivity contribution is 0.176. The first-order valence-electron chi connectivity index (χ1n) is 3.55. The van der Waals surface area contributed by atoms with Crippen LogP contribution in [0, 0.1) is 24.4 Å². The standard InChI is InChI=1S/C9H8F3O/c1-5-3-7(10)6(4-13-2)9(12)8(5)11/h3H,1,4H2,2H3. The largest absolute Gasteiger partial charge is 0.380 e. The predicted octanol–water partition coefficient (Wildman–Crippen LogP) is 2.43. The molecule has 1 nitrogen and oxygen atoms in total. The van der Waals surface area contributed by atoms with Gasteiger partial charge in [-0.1, -0.05) is 0 Å². The Labute approximate surface area is 74.1 Å². The van der Waals surface area contributed by atoms with Crippen LogP contribution in [0.25, 0.3) is 0 Å². The third-order valence-electron chi connectivity index (χ3n) is 1.62. The highest BCUT2D eigenvalue weighted by Crippen LogP contribution is 2.19. The SMILES string of the molecule is [CH2]c1cc(F)c(COC)c(F)c1F. The monoisotopic (exact) mass is 189 g/mol. The second kappa shape index (κ2) is 3.79. The zero-order chi connectivity index (χ0) is 10.0. The average molecular weight is 189 g/mol. The zero-order valence-electron chi connectivity index (χ0n) is 7.03. The minimum absolute atomic E-state index is 0.296. The summed E-state index contributed by atoms with van der Waals surface area (Å²) in [5.74, 6) is -3.20. The number of benzene rings is 1. The minimum atomic E-state index is -1.23. The molecule has 0 saturated heterocycles. The van der Waals surface area contributed by atoms with E-state index in [0.717, 1.165) is 6.07 Å².